The van der Waals surface area contributed by atoms with Crippen LogP contribution >= 0.6 is 11.3 Å². The van der Waals surface area contributed by atoms with E-state index in [1.54, 1.807) is 36.0 Å². The van der Waals surface area contributed by atoms with Crippen molar-refractivity contribution in [3.8, 4) is 0 Å². The van der Waals surface area contributed by atoms with Gasteiger partial charge in [0.2, 0.25) is 0 Å². The number of carbonyl (C=O) groups excluding carboxylic acids is 2. The highest BCUT2D eigenvalue weighted by Crippen LogP contribution is 2.31. The average Bonchev–Trinajstić information content (AvgIpc) is 3.29. The van der Waals surface area contributed by atoms with Gasteiger partial charge in [-0.05, 0) is 43.3 Å². The number of anilines is 2. The number of carbonyl (C=O) groups is 2. The topological polar surface area (TPSA) is 76.0 Å². The maximum atomic E-state index is 12.9. The zero-order valence-electron chi connectivity index (χ0n) is 16.9. The second-order valence-corrected chi connectivity index (χ2v) is 8.10. The zero-order valence-corrected chi connectivity index (χ0v) is 17.8. The monoisotopic (exact) mass is 458 g/mol. The summed E-state index contributed by atoms with van der Waals surface area (Å²) in [6.07, 6.45) is -4.52. The summed E-state index contributed by atoms with van der Waals surface area (Å²) in [5.41, 5.74) is 0.301. The molecule has 0 bridgehead atoms. The molecule has 2 heterocycles. The number of rotatable bonds is 4. The van der Waals surface area contributed by atoms with Crippen LogP contribution in [0.3, 0.4) is 0 Å². The van der Waals surface area contributed by atoms with Gasteiger partial charge in [0, 0.05) is 18.1 Å². The molecule has 0 atom stereocenters. The molecule has 2 N–H and O–H groups in total. The lowest BCUT2D eigenvalue weighted by atomic mass is 10.1. The van der Waals surface area contributed by atoms with Gasteiger partial charge >= 0.3 is 6.18 Å². The first-order valence-corrected chi connectivity index (χ1v) is 10.3. The van der Waals surface area contributed by atoms with Crippen molar-refractivity contribution in [2.24, 2.45) is 7.05 Å². The number of aryl methyl sites for hydroxylation is 2. The smallest absolute Gasteiger partial charge is 0.322 e. The van der Waals surface area contributed by atoms with Gasteiger partial charge in [0.25, 0.3) is 11.8 Å². The van der Waals surface area contributed by atoms with Crippen LogP contribution in [-0.2, 0) is 13.2 Å². The lowest BCUT2D eigenvalue weighted by molar-refractivity contribution is -0.137. The molecule has 0 fully saturated rings. The Hall–Kier alpha value is -3.66. The molecule has 0 aliphatic rings. The van der Waals surface area contributed by atoms with Gasteiger partial charge in [-0.15, -0.1) is 11.3 Å². The minimum Gasteiger partial charge on any atom is -0.322 e. The number of benzene rings is 2. The average molecular weight is 458 g/mol. The normalized spacial score (nSPS) is 11.5. The summed E-state index contributed by atoms with van der Waals surface area (Å²) in [7, 11) is 1.79. The van der Waals surface area contributed by atoms with Crippen molar-refractivity contribution in [2.45, 2.75) is 13.1 Å². The lowest BCUT2D eigenvalue weighted by Gasteiger charge is -2.12. The van der Waals surface area contributed by atoms with Crippen molar-refractivity contribution in [2.75, 3.05) is 10.6 Å². The molecule has 0 aliphatic carbocycles. The van der Waals surface area contributed by atoms with Crippen LogP contribution in [0.2, 0.25) is 0 Å². The van der Waals surface area contributed by atoms with Crippen LogP contribution in [0.5, 0.6) is 0 Å². The maximum absolute atomic E-state index is 12.9. The van der Waals surface area contributed by atoms with E-state index in [2.05, 4.69) is 15.7 Å². The number of para-hydroxylation sites is 1. The molecule has 0 unspecified atom stereocenters. The number of amides is 2. The van der Waals surface area contributed by atoms with E-state index in [1.165, 1.54) is 29.5 Å². The van der Waals surface area contributed by atoms with Crippen molar-refractivity contribution >= 4 is 44.7 Å². The van der Waals surface area contributed by atoms with Gasteiger partial charge in [0.15, 0.2) is 0 Å². The van der Waals surface area contributed by atoms with Crippen LogP contribution in [0.25, 0.3) is 10.2 Å². The molecular weight excluding hydrogens is 441 g/mol. The van der Waals surface area contributed by atoms with Gasteiger partial charge in [0.1, 0.15) is 4.83 Å². The van der Waals surface area contributed by atoms with Crippen LogP contribution in [-0.4, -0.2) is 21.6 Å². The first-order valence-electron chi connectivity index (χ1n) is 9.45. The number of nitrogens with one attached hydrogen (secondary N) is 2. The third kappa shape index (κ3) is 4.22. The van der Waals surface area contributed by atoms with Crippen LogP contribution in [0, 0.1) is 6.92 Å². The van der Waals surface area contributed by atoms with E-state index in [4.69, 9.17) is 0 Å². The summed E-state index contributed by atoms with van der Waals surface area (Å²) in [4.78, 5) is 26.9. The van der Waals surface area contributed by atoms with E-state index in [0.717, 1.165) is 28.0 Å². The third-order valence-electron chi connectivity index (χ3n) is 4.79. The quantitative estimate of drug-likeness (QED) is 0.426. The Kier molecular flexibility index (Phi) is 5.47. The Morgan fingerprint density at radius 3 is 2.47 bits per heavy atom. The molecule has 164 valence electrons. The number of alkyl halides is 3. The summed E-state index contributed by atoms with van der Waals surface area (Å²) in [6, 6.07) is 12.4. The predicted octanol–water partition coefficient (Wildman–Crippen LogP) is 5.47. The van der Waals surface area contributed by atoms with Gasteiger partial charge in [0.05, 0.1) is 27.4 Å². The highest BCUT2D eigenvalue weighted by atomic mass is 32.1. The number of halogens is 3. The minimum absolute atomic E-state index is 0.00145. The molecule has 0 saturated carbocycles. The van der Waals surface area contributed by atoms with Gasteiger partial charge in [-0.1, -0.05) is 18.2 Å². The fourth-order valence-electron chi connectivity index (χ4n) is 3.26. The highest BCUT2D eigenvalue weighted by molar-refractivity contribution is 7.20. The van der Waals surface area contributed by atoms with Crippen molar-refractivity contribution < 1.29 is 22.8 Å². The molecule has 4 rings (SSSR count). The molecule has 0 aliphatic heterocycles. The number of fused-ring (bicyclic) bond motifs is 1. The maximum Gasteiger partial charge on any atom is 0.416 e. The van der Waals surface area contributed by atoms with Crippen molar-refractivity contribution in [1.29, 1.82) is 0 Å². The van der Waals surface area contributed by atoms with Crippen molar-refractivity contribution in [3.63, 3.8) is 0 Å². The zero-order chi connectivity index (χ0) is 23.0. The SMILES string of the molecule is Cc1nn(C)c2sc(C(=O)Nc3ccccc3C(=O)Nc3cccc(C(F)(F)F)c3)cc12. The molecule has 4 aromatic rings. The Morgan fingerprint density at radius 2 is 1.75 bits per heavy atom. The number of thiophene rings is 1. The molecule has 2 aromatic heterocycles. The fourth-order valence-corrected chi connectivity index (χ4v) is 4.28. The Bertz CT molecular complexity index is 1310. The molecule has 6 nitrogen and oxygen atoms in total. The molecule has 10 heteroatoms. The molecule has 2 amide bonds. The molecule has 32 heavy (non-hydrogen) atoms. The van der Waals surface area contributed by atoms with Crippen molar-refractivity contribution in [3.05, 3.63) is 76.3 Å². The Morgan fingerprint density at radius 1 is 1.00 bits per heavy atom. The van der Waals surface area contributed by atoms with Crippen LogP contribution in [0.15, 0.2) is 54.6 Å². The van der Waals surface area contributed by atoms with E-state index in [1.807, 2.05) is 6.92 Å². The number of aromatic nitrogens is 2. The molecule has 0 saturated heterocycles. The Labute approximate surface area is 184 Å². The molecule has 2 aromatic carbocycles. The summed E-state index contributed by atoms with van der Waals surface area (Å²) in [6.45, 7) is 1.85. The summed E-state index contributed by atoms with van der Waals surface area (Å²) in [5.74, 6) is -1.04. The summed E-state index contributed by atoms with van der Waals surface area (Å²) < 4.78 is 40.5. The second-order valence-electron chi connectivity index (χ2n) is 7.07. The third-order valence-corrected chi connectivity index (χ3v) is 5.99. The largest absolute Gasteiger partial charge is 0.416 e. The first kappa shape index (κ1) is 21.6. The summed E-state index contributed by atoms with van der Waals surface area (Å²) in [5, 5.41) is 10.4. The minimum atomic E-state index is -4.52. The van der Waals surface area contributed by atoms with Crippen LogP contribution in [0.1, 0.15) is 31.3 Å². The highest BCUT2D eigenvalue weighted by Gasteiger charge is 2.30. The fraction of sp³-hybridized carbons (Fsp3) is 0.136. The van der Waals surface area contributed by atoms with E-state index in [9.17, 15) is 22.8 Å². The summed E-state index contributed by atoms with van der Waals surface area (Å²) >= 11 is 1.27. The second kappa shape index (κ2) is 8.12. The molecule has 0 spiro atoms. The number of hydrogen-bond acceptors (Lipinski definition) is 4. The standard InChI is InChI=1S/C22H17F3N4O2S/c1-12-16-11-18(32-21(16)29(2)28-12)20(31)27-17-9-4-3-8-15(17)19(30)26-14-7-5-6-13(10-14)22(23,24)25/h3-11H,1-2H3,(H,26,30)(H,27,31). The molecular formula is C22H17F3N4O2S. The Balaban J connectivity index is 1.56. The van der Waals surface area contributed by atoms with E-state index in [-0.39, 0.29) is 16.9 Å². The lowest BCUT2D eigenvalue weighted by Crippen LogP contribution is -2.18. The number of nitrogens with zero attached hydrogens (tertiary/aromatic N) is 2. The van der Waals surface area contributed by atoms with Gasteiger partial charge in [-0.25, -0.2) is 0 Å². The van der Waals surface area contributed by atoms with Crippen LogP contribution < -0.4 is 10.6 Å². The van der Waals surface area contributed by atoms with Gasteiger partial charge in [-0.2, -0.15) is 18.3 Å². The van der Waals surface area contributed by atoms with E-state index in [0.29, 0.717) is 4.88 Å². The van der Waals surface area contributed by atoms with Crippen molar-refractivity contribution in [1.82, 2.24) is 9.78 Å². The first-order chi connectivity index (χ1) is 15.1. The molecule has 0 radical (unpaired) electrons. The van der Waals surface area contributed by atoms with E-state index >= 15 is 0 Å². The van der Waals surface area contributed by atoms with Crippen LogP contribution in [0.4, 0.5) is 24.5 Å². The predicted molar refractivity (Wildman–Crippen MR) is 117 cm³/mol. The number of hydrogen-bond donors (Lipinski definition) is 2. The van der Waals surface area contributed by atoms with Gasteiger partial charge < -0.3 is 10.6 Å². The van der Waals surface area contributed by atoms with Gasteiger partial charge in [-0.3, -0.25) is 14.3 Å². The van der Waals surface area contributed by atoms with E-state index < -0.39 is 23.6 Å².